The maximum atomic E-state index is 13.0. The molecule has 2 aliphatic heterocycles. The zero-order valence-corrected chi connectivity index (χ0v) is 17.4. The summed E-state index contributed by atoms with van der Waals surface area (Å²) in [5.41, 5.74) is 1.79. The van der Waals surface area contributed by atoms with Gasteiger partial charge in [-0.05, 0) is 50.1 Å². The predicted octanol–water partition coefficient (Wildman–Crippen LogP) is 2.01. The Balaban J connectivity index is 1.56. The highest BCUT2D eigenvalue weighted by Crippen LogP contribution is 2.29. The van der Waals surface area contributed by atoms with Gasteiger partial charge < -0.3 is 5.32 Å². The van der Waals surface area contributed by atoms with Crippen LogP contribution in [0.15, 0.2) is 47.4 Å². The minimum absolute atomic E-state index is 0.150. The van der Waals surface area contributed by atoms with Crippen molar-refractivity contribution in [2.24, 2.45) is 0 Å². The number of nitrogens with one attached hydrogen (secondary N) is 1. The number of rotatable bonds is 4. The molecule has 0 radical (unpaired) electrons. The fourth-order valence-corrected chi connectivity index (χ4v) is 5.46. The molecule has 0 aromatic heterocycles. The maximum absolute atomic E-state index is 13.0. The Morgan fingerprint density at radius 3 is 2.40 bits per heavy atom. The van der Waals surface area contributed by atoms with Gasteiger partial charge in [0.15, 0.2) is 0 Å². The second-order valence-electron chi connectivity index (χ2n) is 7.51. The van der Waals surface area contributed by atoms with Crippen molar-refractivity contribution < 1.29 is 22.8 Å². The van der Waals surface area contributed by atoms with Crippen LogP contribution in [0.4, 0.5) is 5.69 Å². The third-order valence-corrected chi connectivity index (χ3v) is 7.41. The van der Waals surface area contributed by atoms with Crippen LogP contribution < -0.4 is 5.32 Å². The first-order valence-corrected chi connectivity index (χ1v) is 11.0. The molecule has 1 saturated heterocycles. The standard InChI is InChI=1S/C21H21N3O5S/c1-13-5-8-15(9-6-13)30(28,29)24-11-3-4-18(24)19(25)22-14-7-10-16-17(12-14)21(27)23(2)20(16)26/h5-10,12,18H,3-4,11H2,1-2H3,(H,22,25). The molecule has 156 valence electrons. The summed E-state index contributed by atoms with van der Waals surface area (Å²) >= 11 is 0. The van der Waals surface area contributed by atoms with E-state index in [0.717, 1.165) is 10.5 Å². The van der Waals surface area contributed by atoms with Crippen LogP contribution in [0.2, 0.25) is 0 Å². The molecule has 2 aliphatic rings. The normalized spacial score (nSPS) is 19.3. The Bertz CT molecular complexity index is 1160. The van der Waals surface area contributed by atoms with Gasteiger partial charge >= 0.3 is 0 Å². The first-order chi connectivity index (χ1) is 14.2. The van der Waals surface area contributed by atoms with Crippen molar-refractivity contribution in [3.05, 3.63) is 59.2 Å². The Labute approximate surface area is 174 Å². The SMILES string of the molecule is Cc1ccc(S(=O)(=O)N2CCCC2C(=O)Nc2ccc3c(c2)C(=O)N(C)C3=O)cc1. The van der Waals surface area contributed by atoms with Crippen molar-refractivity contribution in [3.63, 3.8) is 0 Å². The number of carbonyl (C=O) groups is 3. The van der Waals surface area contributed by atoms with Crippen LogP contribution in [-0.2, 0) is 14.8 Å². The van der Waals surface area contributed by atoms with E-state index >= 15 is 0 Å². The summed E-state index contributed by atoms with van der Waals surface area (Å²) in [5, 5.41) is 2.70. The monoisotopic (exact) mass is 427 g/mol. The summed E-state index contributed by atoms with van der Waals surface area (Å²) in [7, 11) is -2.41. The number of fused-ring (bicyclic) bond motifs is 1. The van der Waals surface area contributed by atoms with E-state index in [-0.39, 0.29) is 28.5 Å². The molecule has 3 amide bonds. The van der Waals surface area contributed by atoms with Gasteiger partial charge in [-0.25, -0.2) is 8.42 Å². The van der Waals surface area contributed by atoms with Gasteiger partial charge in [0.1, 0.15) is 6.04 Å². The molecule has 1 fully saturated rings. The molecule has 1 N–H and O–H groups in total. The molecular weight excluding hydrogens is 406 g/mol. The van der Waals surface area contributed by atoms with Crippen molar-refractivity contribution in [3.8, 4) is 0 Å². The van der Waals surface area contributed by atoms with Gasteiger partial charge in [0.2, 0.25) is 15.9 Å². The van der Waals surface area contributed by atoms with Crippen LogP contribution in [0.25, 0.3) is 0 Å². The minimum Gasteiger partial charge on any atom is -0.325 e. The summed E-state index contributed by atoms with van der Waals surface area (Å²) in [6, 6.07) is 10.2. The lowest BCUT2D eigenvalue weighted by Crippen LogP contribution is -2.43. The summed E-state index contributed by atoms with van der Waals surface area (Å²) in [5.74, 6) is -1.29. The highest BCUT2D eigenvalue weighted by molar-refractivity contribution is 7.89. The van der Waals surface area contributed by atoms with E-state index in [4.69, 9.17) is 0 Å². The number of carbonyl (C=O) groups excluding carboxylic acids is 3. The van der Waals surface area contributed by atoms with E-state index in [1.165, 1.54) is 41.7 Å². The molecule has 2 aromatic rings. The van der Waals surface area contributed by atoms with Gasteiger partial charge in [-0.1, -0.05) is 17.7 Å². The summed E-state index contributed by atoms with van der Waals surface area (Å²) in [6.07, 6.45) is 0.979. The molecule has 1 atom stereocenters. The second kappa shape index (κ2) is 7.33. The number of aryl methyl sites for hydroxylation is 1. The van der Waals surface area contributed by atoms with E-state index in [2.05, 4.69) is 5.32 Å². The zero-order valence-electron chi connectivity index (χ0n) is 16.6. The van der Waals surface area contributed by atoms with Gasteiger partial charge in [-0.3, -0.25) is 19.3 Å². The lowest BCUT2D eigenvalue weighted by Gasteiger charge is -2.23. The largest absolute Gasteiger partial charge is 0.325 e. The van der Waals surface area contributed by atoms with Gasteiger partial charge in [0.25, 0.3) is 11.8 Å². The third kappa shape index (κ3) is 3.29. The molecule has 0 spiro atoms. The number of hydrogen-bond acceptors (Lipinski definition) is 5. The number of nitrogens with zero attached hydrogens (tertiary/aromatic N) is 2. The lowest BCUT2D eigenvalue weighted by atomic mass is 10.1. The van der Waals surface area contributed by atoms with E-state index < -0.39 is 27.9 Å². The fourth-order valence-electron chi connectivity index (χ4n) is 3.80. The number of sulfonamides is 1. The lowest BCUT2D eigenvalue weighted by molar-refractivity contribution is -0.119. The highest BCUT2D eigenvalue weighted by atomic mass is 32.2. The van der Waals surface area contributed by atoms with E-state index in [0.29, 0.717) is 18.5 Å². The van der Waals surface area contributed by atoms with Crippen LogP contribution in [0, 0.1) is 6.92 Å². The van der Waals surface area contributed by atoms with Crippen LogP contribution in [0.5, 0.6) is 0 Å². The summed E-state index contributed by atoms with van der Waals surface area (Å²) in [4.78, 5) is 38.2. The van der Waals surface area contributed by atoms with Gasteiger partial charge in [0, 0.05) is 19.3 Å². The molecular formula is C21H21N3O5S. The molecule has 8 nitrogen and oxygen atoms in total. The van der Waals surface area contributed by atoms with Crippen molar-refractivity contribution in [1.29, 1.82) is 0 Å². The van der Waals surface area contributed by atoms with Crippen molar-refractivity contribution in [2.45, 2.75) is 30.7 Å². The van der Waals surface area contributed by atoms with Gasteiger partial charge in [0.05, 0.1) is 16.0 Å². The number of amides is 3. The summed E-state index contributed by atoms with van der Waals surface area (Å²) in [6.45, 7) is 2.13. The second-order valence-corrected chi connectivity index (χ2v) is 9.40. The molecule has 1 unspecified atom stereocenters. The molecule has 0 saturated carbocycles. The van der Waals surface area contributed by atoms with E-state index in [9.17, 15) is 22.8 Å². The maximum Gasteiger partial charge on any atom is 0.261 e. The molecule has 0 aliphatic carbocycles. The van der Waals surface area contributed by atoms with Crippen molar-refractivity contribution in [1.82, 2.24) is 9.21 Å². The van der Waals surface area contributed by atoms with Crippen LogP contribution >= 0.6 is 0 Å². The Morgan fingerprint density at radius 1 is 1.03 bits per heavy atom. The molecule has 2 heterocycles. The number of benzene rings is 2. The number of anilines is 1. The van der Waals surface area contributed by atoms with Crippen LogP contribution in [0.3, 0.4) is 0 Å². The van der Waals surface area contributed by atoms with Gasteiger partial charge in [-0.2, -0.15) is 4.31 Å². The third-order valence-electron chi connectivity index (χ3n) is 5.49. The number of imide groups is 1. The molecule has 9 heteroatoms. The first-order valence-electron chi connectivity index (χ1n) is 9.56. The van der Waals surface area contributed by atoms with E-state index in [1.54, 1.807) is 12.1 Å². The predicted molar refractivity (Wildman–Crippen MR) is 110 cm³/mol. The Hall–Kier alpha value is -3.04. The smallest absolute Gasteiger partial charge is 0.261 e. The first kappa shape index (κ1) is 20.2. The molecule has 4 rings (SSSR count). The Kier molecular flexibility index (Phi) is 4.95. The highest BCUT2D eigenvalue weighted by Gasteiger charge is 2.40. The van der Waals surface area contributed by atoms with E-state index in [1.807, 2.05) is 6.92 Å². The van der Waals surface area contributed by atoms with Crippen LogP contribution in [-0.4, -0.2) is 55.0 Å². The van der Waals surface area contributed by atoms with Crippen LogP contribution in [0.1, 0.15) is 39.1 Å². The molecule has 30 heavy (non-hydrogen) atoms. The topological polar surface area (TPSA) is 104 Å². The molecule has 2 aromatic carbocycles. The average molecular weight is 427 g/mol. The zero-order chi connectivity index (χ0) is 21.6. The molecule has 0 bridgehead atoms. The number of hydrogen-bond donors (Lipinski definition) is 1. The average Bonchev–Trinajstić information content (AvgIpc) is 3.30. The van der Waals surface area contributed by atoms with Crippen molar-refractivity contribution >= 4 is 33.4 Å². The minimum atomic E-state index is -3.81. The Morgan fingerprint density at radius 2 is 1.70 bits per heavy atom. The summed E-state index contributed by atoms with van der Waals surface area (Å²) < 4.78 is 27.3. The van der Waals surface area contributed by atoms with Crippen molar-refractivity contribution in [2.75, 3.05) is 18.9 Å². The fraction of sp³-hybridized carbons (Fsp3) is 0.286. The van der Waals surface area contributed by atoms with Gasteiger partial charge in [-0.15, -0.1) is 0 Å². The quantitative estimate of drug-likeness (QED) is 0.752.